The lowest BCUT2D eigenvalue weighted by atomic mass is 10.1. The van der Waals surface area contributed by atoms with Gasteiger partial charge in [0.2, 0.25) is 5.71 Å². The molecule has 0 bridgehead atoms. The lowest BCUT2D eigenvalue weighted by Gasteiger charge is -2.04. The Hall–Kier alpha value is -1.85. The molecule has 16 heavy (non-hydrogen) atoms. The third-order valence-electron chi connectivity index (χ3n) is 1.94. The van der Waals surface area contributed by atoms with Crippen LogP contribution in [0, 0.1) is 22.7 Å². The summed E-state index contributed by atoms with van der Waals surface area (Å²) < 4.78 is 0.977. The number of rotatable bonds is 3. The summed E-state index contributed by atoms with van der Waals surface area (Å²) in [4.78, 5) is 0. The molecule has 1 rings (SSSR count). The van der Waals surface area contributed by atoms with Crippen LogP contribution in [0.25, 0.3) is 0 Å². The van der Waals surface area contributed by atoms with E-state index in [9.17, 15) is 0 Å². The van der Waals surface area contributed by atoms with Crippen LogP contribution in [-0.4, -0.2) is 5.71 Å². The zero-order valence-electron chi connectivity index (χ0n) is 8.66. The molecule has 0 aliphatic carbocycles. The molecule has 0 aliphatic heterocycles. The SMILES string of the molecule is CCc1ccc(NN=C(C#N)C#N)cc1Br. The van der Waals surface area contributed by atoms with E-state index in [0.29, 0.717) is 0 Å². The van der Waals surface area contributed by atoms with Crippen LogP contribution in [0.1, 0.15) is 12.5 Å². The summed E-state index contributed by atoms with van der Waals surface area (Å²) in [6.07, 6.45) is 0.936. The molecule has 0 saturated carbocycles. The van der Waals surface area contributed by atoms with Crippen LogP contribution in [0.3, 0.4) is 0 Å². The van der Waals surface area contributed by atoms with E-state index in [4.69, 9.17) is 10.5 Å². The number of hydrogen-bond donors (Lipinski definition) is 1. The van der Waals surface area contributed by atoms with Gasteiger partial charge in [-0.15, -0.1) is 0 Å². The molecule has 0 atom stereocenters. The van der Waals surface area contributed by atoms with E-state index in [0.717, 1.165) is 16.6 Å². The highest BCUT2D eigenvalue weighted by molar-refractivity contribution is 9.10. The van der Waals surface area contributed by atoms with Crippen molar-refractivity contribution in [3.05, 3.63) is 28.2 Å². The van der Waals surface area contributed by atoms with Gasteiger partial charge >= 0.3 is 0 Å². The van der Waals surface area contributed by atoms with Crippen molar-refractivity contribution >= 4 is 27.3 Å². The van der Waals surface area contributed by atoms with Crippen LogP contribution in [0.2, 0.25) is 0 Å². The highest BCUT2D eigenvalue weighted by atomic mass is 79.9. The fourth-order valence-electron chi connectivity index (χ4n) is 1.10. The molecule has 80 valence electrons. The van der Waals surface area contributed by atoms with Gasteiger partial charge in [-0.2, -0.15) is 15.6 Å². The molecule has 0 heterocycles. The number of nitrogens with one attached hydrogen (secondary N) is 1. The normalized spacial score (nSPS) is 8.75. The summed E-state index contributed by atoms with van der Waals surface area (Å²) in [6, 6.07) is 9.01. The Labute approximate surface area is 102 Å². The van der Waals surface area contributed by atoms with Crippen molar-refractivity contribution < 1.29 is 0 Å². The maximum atomic E-state index is 8.49. The fraction of sp³-hybridized carbons (Fsp3) is 0.182. The number of aryl methyl sites for hydroxylation is 1. The first-order valence-corrected chi connectivity index (χ1v) is 5.43. The second-order valence-corrected chi connectivity index (χ2v) is 3.81. The molecule has 0 spiro atoms. The summed E-state index contributed by atoms with van der Waals surface area (Å²) in [5.41, 5.74) is 4.37. The van der Waals surface area contributed by atoms with Gasteiger partial charge in [-0.25, -0.2) is 0 Å². The highest BCUT2D eigenvalue weighted by Crippen LogP contribution is 2.21. The van der Waals surface area contributed by atoms with Gasteiger partial charge in [-0.05, 0) is 24.1 Å². The molecule has 0 unspecified atom stereocenters. The predicted octanol–water partition coefficient (Wildman–Crippen LogP) is 2.83. The summed E-state index contributed by atoms with van der Waals surface area (Å²) in [5, 5.41) is 20.6. The van der Waals surface area contributed by atoms with Crippen LogP contribution < -0.4 is 5.43 Å². The van der Waals surface area contributed by atoms with Crippen LogP contribution in [0.4, 0.5) is 5.69 Å². The van der Waals surface area contributed by atoms with Crippen molar-refractivity contribution in [2.45, 2.75) is 13.3 Å². The largest absolute Gasteiger partial charge is 0.276 e. The Bertz CT molecular complexity index is 478. The minimum atomic E-state index is -0.198. The van der Waals surface area contributed by atoms with E-state index < -0.39 is 0 Å². The second-order valence-electron chi connectivity index (χ2n) is 2.96. The average Bonchev–Trinajstić information content (AvgIpc) is 2.30. The number of hydrogen-bond acceptors (Lipinski definition) is 4. The standard InChI is InChI=1S/C11H9BrN4/c1-2-8-3-4-9(5-11(8)12)15-16-10(6-13)7-14/h3-5,15H,2H2,1H3. The third kappa shape index (κ3) is 3.08. The first-order chi connectivity index (χ1) is 7.71. The van der Waals surface area contributed by atoms with Crippen LogP contribution >= 0.6 is 15.9 Å². The third-order valence-corrected chi connectivity index (χ3v) is 2.68. The van der Waals surface area contributed by atoms with E-state index in [1.807, 2.05) is 18.2 Å². The molecule has 4 nitrogen and oxygen atoms in total. The van der Waals surface area contributed by atoms with Crippen molar-refractivity contribution in [1.29, 1.82) is 10.5 Å². The van der Waals surface area contributed by atoms with Gasteiger partial charge in [0.1, 0.15) is 12.1 Å². The molecule has 0 amide bonds. The molecule has 0 aliphatic rings. The average molecular weight is 277 g/mol. The first kappa shape index (κ1) is 12.2. The molecule has 0 aromatic heterocycles. The molecule has 1 aromatic rings. The summed E-state index contributed by atoms with van der Waals surface area (Å²) >= 11 is 3.43. The van der Waals surface area contributed by atoms with Gasteiger partial charge in [0, 0.05) is 4.47 Å². The van der Waals surface area contributed by atoms with Gasteiger partial charge in [0.25, 0.3) is 0 Å². The van der Waals surface area contributed by atoms with Crippen molar-refractivity contribution in [3.8, 4) is 12.1 Å². The van der Waals surface area contributed by atoms with Gasteiger partial charge in [0.15, 0.2) is 0 Å². The Morgan fingerprint density at radius 1 is 1.44 bits per heavy atom. The highest BCUT2D eigenvalue weighted by Gasteiger charge is 1.99. The molecular formula is C11H9BrN4. The Balaban J connectivity index is 2.85. The Morgan fingerprint density at radius 3 is 2.62 bits per heavy atom. The van der Waals surface area contributed by atoms with E-state index in [2.05, 4.69) is 33.4 Å². The zero-order valence-corrected chi connectivity index (χ0v) is 10.2. The quantitative estimate of drug-likeness (QED) is 0.682. The number of anilines is 1. The molecule has 0 fully saturated rings. The fourth-order valence-corrected chi connectivity index (χ4v) is 1.76. The van der Waals surface area contributed by atoms with Crippen molar-refractivity contribution in [2.75, 3.05) is 5.43 Å². The van der Waals surface area contributed by atoms with E-state index in [1.165, 1.54) is 5.56 Å². The zero-order chi connectivity index (χ0) is 12.0. The lowest BCUT2D eigenvalue weighted by Crippen LogP contribution is -1.96. The Morgan fingerprint density at radius 2 is 2.12 bits per heavy atom. The number of halogens is 1. The van der Waals surface area contributed by atoms with E-state index >= 15 is 0 Å². The van der Waals surface area contributed by atoms with Crippen molar-refractivity contribution in [3.63, 3.8) is 0 Å². The van der Waals surface area contributed by atoms with Gasteiger partial charge in [-0.1, -0.05) is 28.9 Å². The number of nitrogens with zero attached hydrogens (tertiary/aromatic N) is 3. The molecule has 1 aromatic carbocycles. The van der Waals surface area contributed by atoms with Gasteiger partial charge in [-0.3, -0.25) is 5.43 Å². The van der Waals surface area contributed by atoms with Gasteiger partial charge in [0.05, 0.1) is 5.69 Å². The monoisotopic (exact) mass is 276 g/mol. The molecule has 1 N–H and O–H groups in total. The lowest BCUT2D eigenvalue weighted by molar-refractivity contribution is 1.13. The van der Waals surface area contributed by atoms with Crippen LogP contribution in [-0.2, 0) is 6.42 Å². The first-order valence-electron chi connectivity index (χ1n) is 4.63. The van der Waals surface area contributed by atoms with Crippen LogP contribution in [0.5, 0.6) is 0 Å². The number of nitriles is 2. The maximum absolute atomic E-state index is 8.49. The van der Waals surface area contributed by atoms with Crippen molar-refractivity contribution in [1.82, 2.24) is 0 Å². The van der Waals surface area contributed by atoms with E-state index in [-0.39, 0.29) is 5.71 Å². The summed E-state index contributed by atoms with van der Waals surface area (Å²) in [6.45, 7) is 2.06. The summed E-state index contributed by atoms with van der Waals surface area (Å²) in [7, 11) is 0. The Kier molecular flexibility index (Phi) is 4.50. The molecule has 5 heteroatoms. The molecular weight excluding hydrogens is 268 g/mol. The van der Waals surface area contributed by atoms with Crippen LogP contribution in [0.15, 0.2) is 27.8 Å². The number of benzene rings is 1. The molecule has 0 saturated heterocycles. The maximum Gasteiger partial charge on any atom is 0.237 e. The van der Waals surface area contributed by atoms with E-state index in [1.54, 1.807) is 12.1 Å². The smallest absolute Gasteiger partial charge is 0.237 e. The predicted molar refractivity (Wildman–Crippen MR) is 65.8 cm³/mol. The topological polar surface area (TPSA) is 72.0 Å². The molecule has 0 radical (unpaired) electrons. The second kappa shape index (κ2) is 5.89. The van der Waals surface area contributed by atoms with Gasteiger partial charge < -0.3 is 0 Å². The number of hydrazone groups is 1. The van der Waals surface area contributed by atoms with Crippen molar-refractivity contribution in [2.24, 2.45) is 5.10 Å². The minimum absolute atomic E-state index is 0.198. The summed E-state index contributed by atoms with van der Waals surface area (Å²) in [5.74, 6) is 0. The minimum Gasteiger partial charge on any atom is -0.276 e.